The van der Waals surface area contributed by atoms with E-state index in [1.54, 1.807) is 0 Å². The van der Waals surface area contributed by atoms with Crippen LogP contribution < -0.4 is 10.2 Å². The molecule has 0 saturated carbocycles. The van der Waals surface area contributed by atoms with Gasteiger partial charge in [0, 0.05) is 0 Å². The number of nitrogens with one attached hydrogen (secondary N) is 1. The third-order valence-corrected chi connectivity index (χ3v) is 6.75. The highest BCUT2D eigenvalue weighted by Gasteiger charge is 2.50. The second-order valence-electron chi connectivity index (χ2n) is 6.90. The van der Waals surface area contributed by atoms with E-state index in [0.29, 0.717) is 4.90 Å². The van der Waals surface area contributed by atoms with E-state index in [2.05, 4.69) is 5.32 Å². The van der Waals surface area contributed by atoms with Crippen LogP contribution in [-0.4, -0.2) is 49.2 Å². The molecule has 0 saturated heterocycles. The van der Waals surface area contributed by atoms with E-state index in [-0.39, 0.29) is 26.1 Å². The molecule has 1 atom stereocenters. The fourth-order valence-corrected chi connectivity index (χ4v) is 5.10. The molecule has 162 valence electrons. The van der Waals surface area contributed by atoms with Crippen molar-refractivity contribution in [3.63, 3.8) is 0 Å². The number of benzene rings is 2. The van der Waals surface area contributed by atoms with Crippen molar-refractivity contribution in [2.75, 3.05) is 16.8 Å². The summed E-state index contributed by atoms with van der Waals surface area (Å²) in [6.45, 7) is -1.15. The van der Waals surface area contributed by atoms with E-state index >= 15 is 0 Å². The van der Waals surface area contributed by atoms with Crippen LogP contribution in [0.3, 0.4) is 0 Å². The molecule has 4 rings (SSSR count). The molecule has 1 N–H and O–H groups in total. The average Bonchev–Trinajstić information content (AvgIpc) is 2.82. The maximum atomic E-state index is 13.8. The van der Waals surface area contributed by atoms with Crippen LogP contribution in [0, 0.1) is 0 Å². The van der Waals surface area contributed by atoms with Gasteiger partial charge >= 0.3 is 6.18 Å². The summed E-state index contributed by atoms with van der Waals surface area (Å²) in [5.41, 5.74) is -0.454. The van der Waals surface area contributed by atoms with Crippen molar-refractivity contribution in [1.82, 2.24) is 4.31 Å². The zero-order valence-corrected chi connectivity index (χ0v) is 16.4. The van der Waals surface area contributed by atoms with Crippen LogP contribution in [0.5, 0.6) is 0 Å². The molecular formula is C19H14F3N3O5S. The van der Waals surface area contributed by atoms with Gasteiger partial charge in [-0.25, -0.2) is 12.7 Å². The number of hydrogen-bond acceptors (Lipinski definition) is 5. The van der Waals surface area contributed by atoms with Gasteiger partial charge < -0.3 is 5.32 Å². The zero-order valence-electron chi connectivity index (χ0n) is 15.6. The minimum absolute atomic E-state index is 0.0357. The van der Waals surface area contributed by atoms with Crippen molar-refractivity contribution in [2.24, 2.45) is 0 Å². The minimum Gasteiger partial charge on any atom is -0.324 e. The van der Waals surface area contributed by atoms with E-state index in [1.165, 1.54) is 48.5 Å². The maximum absolute atomic E-state index is 13.8. The van der Waals surface area contributed by atoms with Gasteiger partial charge in [0.1, 0.15) is 17.5 Å². The summed E-state index contributed by atoms with van der Waals surface area (Å²) in [6, 6.07) is 8.06. The Labute approximate surface area is 174 Å². The molecule has 2 aliphatic heterocycles. The lowest BCUT2D eigenvalue weighted by Crippen LogP contribution is -2.53. The van der Waals surface area contributed by atoms with E-state index in [0.717, 1.165) is 0 Å². The minimum atomic E-state index is -4.98. The summed E-state index contributed by atoms with van der Waals surface area (Å²) in [6.07, 6.45) is -6.06. The number of anilines is 2. The Morgan fingerprint density at radius 1 is 1.06 bits per heavy atom. The van der Waals surface area contributed by atoms with Gasteiger partial charge in [-0.15, -0.1) is 0 Å². The van der Waals surface area contributed by atoms with Crippen LogP contribution in [0.15, 0.2) is 53.4 Å². The molecule has 0 fully saturated rings. The van der Waals surface area contributed by atoms with Gasteiger partial charge in [-0.3, -0.25) is 19.3 Å². The first-order valence-corrected chi connectivity index (χ1v) is 10.4. The molecule has 2 heterocycles. The van der Waals surface area contributed by atoms with Gasteiger partial charge in [0.15, 0.2) is 0 Å². The quantitative estimate of drug-likeness (QED) is 0.751. The highest BCUT2D eigenvalue weighted by atomic mass is 32.2. The number of hydrogen-bond donors (Lipinski definition) is 1. The number of halogens is 3. The summed E-state index contributed by atoms with van der Waals surface area (Å²) in [5.74, 6) is -3.26. The molecule has 12 heteroatoms. The fraction of sp³-hybridized carbons (Fsp3) is 0.211. The monoisotopic (exact) mass is 453 g/mol. The third-order valence-electron chi connectivity index (χ3n) is 4.97. The van der Waals surface area contributed by atoms with Crippen molar-refractivity contribution < 1.29 is 36.0 Å². The number of sulfonamides is 1. The topological polar surface area (TPSA) is 104 Å². The SMILES string of the molecule is O=C1CC(C(F)(F)F)N(C(=O)CN2C(=O)c3ccccc3S2(=O)=O)c2ccccc2N1. The summed E-state index contributed by atoms with van der Waals surface area (Å²) in [4.78, 5) is 37.6. The molecule has 3 amide bonds. The van der Waals surface area contributed by atoms with Crippen LogP contribution in [0.1, 0.15) is 16.8 Å². The first-order chi connectivity index (χ1) is 14.5. The van der Waals surface area contributed by atoms with Crippen molar-refractivity contribution in [3.8, 4) is 0 Å². The Kier molecular flexibility index (Phi) is 4.76. The predicted molar refractivity (Wildman–Crippen MR) is 102 cm³/mol. The van der Waals surface area contributed by atoms with Crippen LogP contribution in [-0.2, 0) is 19.6 Å². The first-order valence-electron chi connectivity index (χ1n) is 8.95. The molecule has 0 bridgehead atoms. The molecular weight excluding hydrogens is 439 g/mol. The first kappa shape index (κ1) is 20.8. The van der Waals surface area contributed by atoms with Gasteiger partial charge in [-0.05, 0) is 24.3 Å². The molecule has 0 aliphatic carbocycles. The average molecular weight is 453 g/mol. The largest absolute Gasteiger partial charge is 0.409 e. The smallest absolute Gasteiger partial charge is 0.324 e. The summed E-state index contributed by atoms with van der Waals surface area (Å²) < 4.78 is 67.0. The summed E-state index contributed by atoms with van der Waals surface area (Å²) >= 11 is 0. The number of rotatable bonds is 2. The van der Waals surface area contributed by atoms with Crippen molar-refractivity contribution >= 4 is 39.1 Å². The Bertz CT molecular complexity index is 1210. The van der Waals surface area contributed by atoms with Gasteiger partial charge in [-0.1, -0.05) is 24.3 Å². The third kappa shape index (κ3) is 3.42. The summed E-state index contributed by atoms with van der Waals surface area (Å²) in [7, 11) is -4.41. The van der Waals surface area contributed by atoms with Crippen LogP contribution >= 0.6 is 0 Å². The number of para-hydroxylation sites is 2. The van der Waals surface area contributed by atoms with Gasteiger partial charge in [0.25, 0.3) is 15.9 Å². The highest BCUT2D eigenvalue weighted by molar-refractivity contribution is 7.90. The van der Waals surface area contributed by atoms with E-state index in [1.807, 2.05) is 0 Å². The van der Waals surface area contributed by atoms with Crippen molar-refractivity contribution in [1.29, 1.82) is 0 Å². The molecule has 0 spiro atoms. The van der Waals surface area contributed by atoms with Crippen molar-refractivity contribution in [2.45, 2.75) is 23.5 Å². The molecule has 8 nitrogen and oxygen atoms in total. The number of alkyl halides is 3. The lowest BCUT2D eigenvalue weighted by Gasteiger charge is -2.32. The van der Waals surface area contributed by atoms with Crippen LogP contribution in [0.25, 0.3) is 0 Å². The molecule has 0 radical (unpaired) electrons. The number of amides is 3. The van der Waals surface area contributed by atoms with E-state index in [9.17, 15) is 36.0 Å². The summed E-state index contributed by atoms with van der Waals surface area (Å²) in [5, 5.41) is 2.31. The normalized spacial score (nSPS) is 20.0. The van der Waals surface area contributed by atoms with Gasteiger partial charge in [0.05, 0.1) is 23.4 Å². The molecule has 0 aromatic heterocycles. The molecule has 1 unspecified atom stereocenters. The molecule has 2 aliphatic rings. The fourth-order valence-electron chi connectivity index (χ4n) is 3.58. The van der Waals surface area contributed by atoms with Crippen molar-refractivity contribution in [3.05, 3.63) is 54.1 Å². The van der Waals surface area contributed by atoms with Crippen LogP contribution in [0.2, 0.25) is 0 Å². The lowest BCUT2D eigenvalue weighted by molar-refractivity contribution is -0.157. The Morgan fingerprint density at radius 2 is 1.71 bits per heavy atom. The second-order valence-corrected chi connectivity index (χ2v) is 8.73. The van der Waals surface area contributed by atoms with Crippen LogP contribution in [0.4, 0.5) is 24.5 Å². The maximum Gasteiger partial charge on any atom is 0.409 e. The highest BCUT2D eigenvalue weighted by Crippen LogP contribution is 2.38. The number of carbonyl (C=O) groups excluding carboxylic acids is 3. The van der Waals surface area contributed by atoms with E-state index < -0.39 is 52.9 Å². The molecule has 31 heavy (non-hydrogen) atoms. The van der Waals surface area contributed by atoms with Gasteiger partial charge in [0.2, 0.25) is 11.8 Å². The number of nitrogens with zero attached hydrogens (tertiary/aromatic N) is 2. The standard InChI is InChI=1S/C19H14F3N3O5S/c20-19(21,22)15-9-16(26)23-12-6-2-3-7-13(12)25(15)17(27)10-24-18(28)11-5-1-4-8-14(11)31(24,29)30/h1-8,15H,9-10H2,(H,23,26). The Balaban J connectivity index is 1.76. The second kappa shape index (κ2) is 7.08. The van der Waals surface area contributed by atoms with E-state index in [4.69, 9.17) is 0 Å². The number of fused-ring (bicyclic) bond motifs is 2. The molecule has 2 aromatic rings. The number of carbonyl (C=O) groups is 3. The van der Waals surface area contributed by atoms with Gasteiger partial charge in [-0.2, -0.15) is 13.2 Å². The Hall–Kier alpha value is -3.41. The Morgan fingerprint density at radius 3 is 2.39 bits per heavy atom. The lowest BCUT2D eigenvalue weighted by atomic mass is 10.1. The molecule has 2 aromatic carbocycles. The predicted octanol–water partition coefficient (Wildman–Crippen LogP) is 2.14. The zero-order chi connectivity index (χ0) is 22.6.